The maximum Gasteiger partial charge on any atom is 0.257 e. The first kappa shape index (κ1) is 27.0. The molecule has 0 aromatic heterocycles. The molecule has 5 nitrogen and oxygen atoms in total. The van der Waals surface area contributed by atoms with Gasteiger partial charge in [-0.05, 0) is 94.6 Å². The monoisotopic (exact) mass is 531 g/mol. The van der Waals surface area contributed by atoms with Crippen LogP contribution in [0.15, 0.2) is 59.5 Å². The molecule has 3 aliphatic rings. The molecule has 2 aromatic carbocycles. The molecule has 1 saturated carbocycles. The van der Waals surface area contributed by atoms with Gasteiger partial charge in [-0.3, -0.25) is 9.59 Å². The van der Waals surface area contributed by atoms with Crippen molar-refractivity contribution in [1.82, 2.24) is 15.5 Å². The Kier molecular flexibility index (Phi) is 9.23. The number of nitrogens with zero attached hydrogens (tertiary/aromatic N) is 1. The highest BCUT2D eigenvalue weighted by molar-refractivity contribution is 8.04. The minimum atomic E-state index is -0.00887. The lowest BCUT2D eigenvalue weighted by atomic mass is 9.84. The largest absolute Gasteiger partial charge is 0.356 e. The minimum absolute atomic E-state index is 0.00601. The number of hydrogen-bond acceptors (Lipinski definition) is 4. The first-order valence-electron chi connectivity index (χ1n) is 14.3. The van der Waals surface area contributed by atoms with Gasteiger partial charge in [0.2, 0.25) is 5.91 Å². The Labute approximate surface area is 231 Å². The lowest BCUT2D eigenvalue weighted by molar-refractivity contribution is -0.127. The van der Waals surface area contributed by atoms with E-state index in [1.54, 1.807) is 11.8 Å². The van der Waals surface area contributed by atoms with Crippen LogP contribution in [0.5, 0.6) is 0 Å². The first-order valence-corrected chi connectivity index (χ1v) is 15.2. The summed E-state index contributed by atoms with van der Waals surface area (Å²) < 4.78 is 0. The molecule has 1 aliphatic carbocycles. The molecule has 3 fully saturated rings. The number of aryl methyl sites for hydroxylation is 1. The molecular weight excluding hydrogens is 490 g/mol. The molecule has 0 radical (unpaired) electrons. The second kappa shape index (κ2) is 13.0. The van der Waals surface area contributed by atoms with Crippen LogP contribution in [0.3, 0.4) is 0 Å². The predicted molar refractivity (Wildman–Crippen MR) is 157 cm³/mol. The Morgan fingerprint density at radius 1 is 1.05 bits per heavy atom. The number of carbonyl (C=O) groups is 2. The summed E-state index contributed by atoms with van der Waals surface area (Å²) in [5, 5.41) is 6.73. The third-order valence-corrected chi connectivity index (χ3v) is 9.80. The van der Waals surface area contributed by atoms with Crippen LogP contribution >= 0.6 is 11.8 Å². The van der Waals surface area contributed by atoms with Crippen molar-refractivity contribution in [2.24, 2.45) is 11.8 Å². The zero-order chi connectivity index (χ0) is 26.3. The normalized spacial score (nSPS) is 25.6. The summed E-state index contributed by atoms with van der Waals surface area (Å²) in [4.78, 5) is 29.0. The molecule has 3 atom stereocenters. The van der Waals surface area contributed by atoms with E-state index in [1.807, 2.05) is 6.08 Å². The highest BCUT2D eigenvalue weighted by atomic mass is 32.2. The molecule has 0 spiro atoms. The van der Waals surface area contributed by atoms with Crippen LogP contribution in [0.4, 0.5) is 0 Å². The standard InChI is InChI=1S/C32H41N3O2S/c1-23-8-10-25(11-9-23)21-30-32(37)34-28-22-27(12-13-29(28)38-30)31(36)33-16-5-17-35-18-14-26(15-19-35)20-24-6-3-2-4-7-24/h2-4,6-11,21,26-29H,5,12-20,22H2,1H3,(H,33,36)(H,34,37)/b30-21+. The first-order chi connectivity index (χ1) is 18.5. The molecule has 2 aliphatic heterocycles. The number of fused-ring (bicyclic) bond motifs is 1. The second-order valence-electron chi connectivity index (χ2n) is 11.3. The zero-order valence-electron chi connectivity index (χ0n) is 22.5. The molecule has 0 bridgehead atoms. The minimum Gasteiger partial charge on any atom is -0.356 e. The van der Waals surface area contributed by atoms with E-state index in [1.165, 1.54) is 30.4 Å². The van der Waals surface area contributed by atoms with E-state index in [9.17, 15) is 9.59 Å². The summed E-state index contributed by atoms with van der Waals surface area (Å²) in [7, 11) is 0. The van der Waals surface area contributed by atoms with Gasteiger partial charge in [0.05, 0.1) is 4.91 Å². The summed E-state index contributed by atoms with van der Waals surface area (Å²) in [6.07, 6.45) is 9.28. The van der Waals surface area contributed by atoms with Crippen molar-refractivity contribution < 1.29 is 9.59 Å². The molecule has 38 heavy (non-hydrogen) atoms. The fourth-order valence-electron chi connectivity index (χ4n) is 6.06. The van der Waals surface area contributed by atoms with Crippen molar-refractivity contribution >= 4 is 29.7 Å². The van der Waals surface area contributed by atoms with E-state index >= 15 is 0 Å². The predicted octanol–water partition coefficient (Wildman–Crippen LogP) is 5.20. The molecular formula is C32H41N3O2S. The summed E-state index contributed by atoms with van der Waals surface area (Å²) in [5.41, 5.74) is 3.72. The van der Waals surface area contributed by atoms with E-state index in [0.29, 0.717) is 5.25 Å². The fourth-order valence-corrected chi connectivity index (χ4v) is 7.36. The molecule has 3 unspecified atom stereocenters. The molecule has 202 valence electrons. The molecule has 2 N–H and O–H groups in total. The van der Waals surface area contributed by atoms with Gasteiger partial charge in [0.25, 0.3) is 5.91 Å². The summed E-state index contributed by atoms with van der Waals surface area (Å²) in [6.45, 7) is 6.17. The third kappa shape index (κ3) is 7.29. The number of rotatable bonds is 8. The molecule has 6 heteroatoms. The Balaban J connectivity index is 0.995. The number of hydrogen-bond donors (Lipinski definition) is 2. The average Bonchev–Trinajstić information content (AvgIpc) is 2.94. The second-order valence-corrected chi connectivity index (χ2v) is 12.6. The summed E-state index contributed by atoms with van der Waals surface area (Å²) in [6, 6.07) is 19.2. The van der Waals surface area contributed by atoms with Gasteiger partial charge >= 0.3 is 0 Å². The van der Waals surface area contributed by atoms with Crippen LogP contribution in [0.1, 0.15) is 55.2 Å². The molecule has 2 amide bonds. The van der Waals surface area contributed by atoms with Crippen LogP contribution in [-0.4, -0.2) is 54.2 Å². The smallest absolute Gasteiger partial charge is 0.257 e. The maximum atomic E-state index is 12.9. The number of nitrogens with one attached hydrogen (secondary N) is 2. The van der Waals surface area contributed by atoms with Gasteiger partial charge in [0.1, 0.15) is 0 Å². The zero-order valence-corrected chi connectivity index (χ0v) is 23.3. The van der Waals surface area contributed by atoms with E-state index in [2.05, 4.69) is 77.1 Å². The third-order valence-electron chi connectivity index (χ3n) is 8.38. The van der Waals surface area contributed by atoms with Crippen molar-refractivity contribution in [3.05, 3.63) is 76.2 Å². The summed E-state index contributed by atoms with van der Waals surface area (Å²) in [5.74, 6) is 0.931. The summed E-state index contributed by atoms with van der Waals surface area (Å²) >= 11 is 1.69. The lowest BCUT2D eigenvalue weighted by Gasteiger charge is -2.39. The Bertz CT molecular complexity index is 1110. The van der Waals surface area contributed by atoms with Crippen LogP contribution in [0.2, 0.25) is 0 Å². The number of likely N-dealkylation sites (tertiary alicyclic amines) is 1. The van der Waals surface area contributed by atoms with E-state index in [0.717, 1.165) is 68.2 Å². The Morgan fingerprint density at radius 3 is 2.58 bits per heavy atom. The number of amides is 2. The topological polar surface area (TPSA) is 61.4 Å². The van der Waals surface area contributed by atoms with Crippen molar-refractivity contribution in [2.45, 2.75) is 63.2 Å². The SMILES string of the molecule is Cc1ccc(/C=C2/SC3CCC(C(=O)NCCCN4CCC(Cc5ccccc5)CC4)CC3NC2=O)cc1. The number of benzene rings is 2. The highest BCUT2D eigenvalue weighted by Gasteiger charge is 2.39. The Morgan fingerprint density at radius 2 is 1.82 bits per heavy atom. The van der Waals surface area contributed by atoms with E-state index in [-0.39, 0.29) is 23.8 Å². The van der Waals surface area contributed by atoms with Gasteiger partial charge in [0.15, 0.2) is 0 Å². The highest BCUT2D eigenvalue weighted by Crippen LogP contribution is 2.40. The van der Waals surface area contributed by atoms with Crippen molar-refractivity contribution in [3.8, 4) is 0 Å². The number of carbonyl (C=O) groups excluding carboxylic acids is 2. The van der Waals surface area contributed by atoms with Gasteiger partial charge in [0, 0.05) is 23.8 Å². The lowest BCUT2D eigenvalue weighted by Crippen LogP contribution is -2.51. The van der Waals surface area contributed by atoms with Gasteiger partial charge in [-0.1, -0.05) is 60.2 Å². The molecule has 5 rings (SSSR count). The number of piperidine rings is 1. The fraction of sp³-hybridized carbons (Fsp3) is 0.500. The number of thioether (sulfide) groups is 1. The van der Waals surface area contributed by atoms with E-state index < -0.39 is 0 Å². The van der Waals surface area contributed by atoms with Crippen LogP contribution in [0.25, 0.3) is 6.08 Å². The maximum absolute atomic E-state index is 12.9. The van der Waals surface area contributed by atoms with Crippen molar-refractivity contribution in [1.29, 1.82) is 0 Å². The van der Waals surface area contributed by atoms with Gasteiger partial charge in [-0.15, -0.1) is 11.8 Å². The average molecular weight is 532 g/mol. The molecule has 2 saturated heterocycles. The Hall–Kier alpha value is -2.57. The van der Waals surface area contributed by atoms with Crippen molar-refractivity contribution in [3.63, 3.8) is 0 Å². The van der Waals surface area contributed by atoms with Gasteiger partial charge in [-0.2, -0.15) is 0 Å². The van der Waals surface area contributed by atoms with Crippen LogP contribution in [-0.2, 0) is 16.0 Å². The molecule has 2 aromatic rings. The van der Waals surface area contributed by atoms with E-state index in [4.69, 9.17) is 0 Å². The van der Waals surface area contributed by atoms with Crippen LogP contribution in [0, 0.1) is 18.8 Å². The van der Waals surface area contributed by atoms with Gasteiger partial charge < -0.3 is 15.5 Å². The van der Waals surface area contributed by atoms with Gasteiger partial charge in [-0.25, -0.2) is 0 Å². The molecule has 2 heterocycles. The quantitative estimate of drug-likeness (QED) is 0.363. The van der Waals surface area contributed by atoms with Crippen molar-refractivity contribution in [2.75, 3.05) is 26.2 Å². The van der Waals surface area contributed by atoms with Crippen LogP contribution < -0.4 is 10.6 Å².